The lowest BCUT2D eigenvalue weighted by Gasteiger charge is -2.52. The summed E-state index contributed by atoms with van der Waals surface area (Å²) in [6, 6.07) is 10.1. The minimum atomic E-state index is -0.247. The first kappa shape index (κ1) is 21.0. The van der Waals surface area contributed by atoms with Crippen molar-refractivity contribution in [3.63, 3.8) is 0 Å². The van der Waals surface area contributed by atoms with Gasteiger partial charge in [-0.15, -0.1) is 0 Å². The van der Waals surface area contributed by atoms with E-state index < -0.39 is 0 Å². The molecular formula is C25H32N4O3. The highest BCUT2D eigenvalue weighted by Crippen LogP contribution is 2.54. The van der Waals surface area contributed by atoms with Gasteiger partial charge in [0.2, 0.25) is 0 Å². The number of hydrogen-bond donors (Lipinski definition) is 1. The molecule has 0 spiro atoms. The Hall–Kier alpha value is -2.83. The monoisotopic (exact) mass is 436 g/mol. The average molecular weight is 437 g/mol. The average Bonchev–Trinajstić information content (AvgIpc) is 3.28. The number of H-pyrrole nitrogens is 1. The highest BCUT2D eigenvalue weighted by atomic mass is 16.5. The number of ether oxygens (including phenoxy) is 1. The lowest BCUT2D eigenvalue weighted by molar-refractivity contribution is -0.0474. The number of aromatic nitrogens is 4. The standard InChI is InChI=1S/C25H32N4O3/c1-3-16-28-20-19(21(30)29(17-4-2)23(28)31)26-22(27-20)24-10-13-25(14-11-24,15-12-24)32-18-8-6-5-7-9-18/h5-9H,3-4,10-17H2,1-2H3,(H,26,27). The van der Waals surface area contributed by atoms with Crippen molar-refractivity contribution < 1.29 is 4.74 Å². The van der Waals surface area contributed by atoms with E-state index in [0.717, 1.165) is 62.9 Å². The van der Waals surface area contributed by atoms with Crippen molar-refractivity contribution in [3.05, 3.63) is 57.0 Å². The molecule has 3 aliphatic rings. The van der Waals surface area contributed by atoms with Crippen LogP contribution in [-0.2, 0) is 18.5 Å². The molecule has 3 saturated carbocycles. The van der Waals surface area contributed by atoms with Crippen LogP contribution in [0.3, 0.4) is 0 Å². The summed E-state index contributed by atoms with van der Waals surface area (Å²) in [5.41, 5.74) is 0.316. The highest BCUT2D eigenvalue weighted by Gasteiger charge is 2.52. The number of aromatic amines is 1. The molecule has 0 amide bonds. The third-order valence-electron chi connectivity index (χ3n) is 7.51. The zero-order chi connectivity index (χ0) is 22.3. The summed E-state index contributed by atoms with van der Waals surface area (Å²) in [7, 11) is 0. The fraction of sp³-hybridized carbons (Fsp3) is 0.560. The van der Waals surface area contributed by atoms with Crippen molar-refractivity contribution in [2.24, 2.45) is 0 Å². The molecule has 0 atom stereocenters. The van der Waals surface area contributed by atoms with Gasteiger partial charge in [0.05, 0.1) is 0 Å². The van der Waals surface area contributed by atoms with Gasteiger partial charge in [0.1, 0.15) is 22.7 Å². The van der Waals surface area contributed by atoms with E-state index in [0.29, 0.717) is 24.3 Å². The zero-order valence-electron chi connectivity index (χ0n) is 19.0. The largest absolute Gasteiger partial charge is 0.487 e. The molecule has 3 fully saturated rings. The van der Waals surface area contributed by atoms with Crippen molar-refractivity contribution in [1.82, 2.24) is 19.1 Å². The van der Waals surface area contributed by atoms with Gasteiger partial charge in [0.25, 0.3) is 5.56 Å². The molecule has 3 aromatic rings. The molecule has 1 aromatic carbocycles. The predicted octanol–water partition coefficient (Wildman–Crippen LogP) is 4.13. The zero-order valence-corrected chi connectivity index (χ0v) is 19.0. The molecule has 2 bridgehead atoms. The van der Waals surface area contributed by atoms with Crippen molar-refractivity contribution in [3.8, 4) is 5.75 Å². The number of fused-ring (bicyclic) bond motifs is 4. The molecule has 7 heteroatoms. The van der Waals surface area contributed by atoms with Gasteiger partial charge < -0.3 is 9.72 Å². The molecule has 2 heterocycles. The molecule has 3 aliphatic carbocycles. The van der Waals surface area contributed by atoms with Crippen molar-refractivity contribution in [1.29, 1.82) is 0 Å². The number of rotatable bonds is 7. The molecule has 32 heavy (non-hydrogen) atoms. The predicted molar refractivity (Wildman–Crippen MR) is 124 cm³/mol. The summed E-state index contributed by atoms with van der Waals surface area (Å²) in [5, 5.41) is 0. The van der Waals surface area contributed by atoms with Crippen LogP contribution in [0.25, 0.3) is 11.2 Å². The summed E-state index contributed by atoms with van der Waals surface area (Å²) < 4.78 is 9.51. The molecule has 7 nitrogen and oxygen atoms in total. The van der Waals surface area contributed by atoms with Crippen LogP contribution in [0, 0.1) is 0 Å². The van der Waals surface area contributed by atoms with Crippen LogP contribution in [0.15, 0.2) is 39.9 Å². The second kappa shape index (κ2) is 7.94. The van der Waals surface area contributed by atoms with Crippen LogP contribution in [0.2, 0.25) is 0 Å². The second-order valence-corrected chi connectivity index (χ2v) is 9.55. The molecular weight excluding hydrogens is 404 g/mol. The second-order valence-electron chi connectivity index (χ2n) is 9.55. The Balaban J connectivity index is 1.50. The smallest absolute Gasteiger partial charge is 0.332 e. The third kappa shape index (κ3) is 3.29. The Bertz CT molecular complexity index is 1210. The molecule has 0 unspecified atom stereocenters. The van der Waals surface area contributed by atoms with Crippen LogP contribution in [0.1, 0.15) is 71.0 Å². The van der Waals surface area contributed by atoms with E-state index in [1.807, 2.05) is 44.2 Å². The van der Waals surface area contributed by atoms with E-state index in [9.17, 15) is 9.59 Å². The van der Waals surface area contributed by atoms with Gasteiger partial charge in [-0.25, -0.2) is 9.78 Å². The summed E-state index contributed by atoms with van der Waals surface area (Å²) >= 11 is 0. The van der Waals surface area contributed by atoms with Crippen molar-refractivity contribution >= 4 is 11.2 Å². The maximum Gasteiger partial charge on any atom is 0.332 e. The highest BCUT2D eigenvalue weighted by molar-refractivity contribution is 5.70. The first-order chi connectivity index (χ1) is 15.5. The number of nitrogens with one attached hydrogen (secondary N) is 1. The third-order valence-corrected chi connectivity index (χ3v) is 7.51. The van der Waals surface area contributed by atoms with Crippen molar-refractivity contribution in [2.75, 3.05) is 0 Å². The first-order valence-corrected chi connectivity index (χ1v) is 12.0. The quantitative estimate of drug-likeness (QED) is 0.604. The van der Waals surface area contributed by atoms with Gasteiger partial charge in [0, 0.05) is 18.5 Å². The van der Waals surface area contributed by atoms with E-state index in [4.69, 9.17) is 9.72 Å². The van der Waals surface area contributed by atoms with Crippen LogP contribution in [0.5, 0.6) is 5.75 Å². The number of benzene rings is 1. The lowest BCUT2D eigenvalue weighted by Crippen LogP contribution is -2.51. The van der Waals surface area contributed by atoms with E-state index in [-0.39, 0.29) is 22.3 Å². The van der Waals surface area contributed by atoms with Gasteiger partial charge >= 0.3 is 5.69 Å². The van der Waals surface area contributed by atoms with Crippen LogP contribution >= 0.6 is 0 Å². The molecule has 0 aliphatic heterocycles. The summed E-state index contributed by atoms with van der Waals surface area (Å²) in [6.45, 7) is 5.00. The van der Waals surface area contributed by atoms with Gasteiger partial charge in [-0.1, -0.05) is 32.0 Å². The molecule has 6 rings (SSSR count). The fourth-order valence-corrected chi connectivity index (χ4v) is 5.66. The molecule has 170 valence electrons. The van der Waals surface area contributed by atoms with E-state index in [1.54, 1.807) is 4.57 Å². The summed E-state index contributed by atoms with van der Waals surface area (Å²) in [4.78, 5) is 34.4. The lowest BCUT2D eigenvalue weighted by atomic mass is 9.58. The Kier molecular flexibility index (Phi) is 5.22. The number of imidazole rings is 1. The van der Waals surface area contributed by atoms with E-state index in [2.05, 4.69) is 4.98 Å². The van der Waals surface area contributed by atoms with Crippen LogP contribution < -0.4 is 16.0 Å². The Morgan fingerprint density at radius 3 is 2.19 bits per heavy atom. The molecule has 0 saturated heterocycles. The minimum Gasteiger partial charge on any atom is -0.487 e. The normalized spacial score (nSPS) is 24.8. The number of hydrogen-bond acceptors (Lipinski definition) is 4. The SMILES string of the molecule is CCCn1c(=O)c2[nH]c(C34CCC(Oc5ccccc5)(CC3)CC4)nc2n(CCC)c1=O. The number of nitrogens with zero attached hydrogens (tertiary/aromatic N) is 3. The number of aryl methyl sites for hydroxylation is 1. The summed E-state index contributed by atoms with van der Waals surface area (Å²) in [5.74, 6) is 1.81. The molecule has 0 radical (unpaired) electrons. The fourth-order valence-electron chi connectivity index (χ4n) is 5.66. The van der Waals surface area contributed by atoms with Crippen LogP contribution in [0.4, 0.5) is 0 Å². The maximum atomic E-state index is 13.1. The van der Waals surface area contributed by atoms with Gasteiger partial charge in [0.15, 0.2) is 5.65 Å². The van der Waals surface area contributed by atoms with Gasteiger partial charge in [-0.3, -0.25) is 13.9 Å². The van der Waals surface area contributed by atoms with Gasteiger partial charge in [-0.2, -0.15) is 0 Å². The van der Waals surface area contributed by atoms with Gasteiger partial charge in [-0.05, 0) is 63.5 Å². The molecule has 1 N–H and O–H groups in total. The minimum absolute atomic E-state index is 0.0735. The van der Waals surface area contributed by atoms with Crippen LogP contribution in [-0.4, -0.2) is 24.7 Å². The van der Waals surface area contributed by atoms with E-state index >= 15 is 0 Å². The first-order valence-electron chi connectivity index (χ1n) is 12.0. The van der Waals surface area contributed by atoms with E-state index in [1.165, 1.54) is 4.57 Å². The molecule has 2 aromatic heterocycles. The summed E-state index contributed by atoms with van der Waals surface area (Å²) in [6.07, 6.45) is 7.39. The topological polar surface area (TPSA) is 81.9 Å². The maximum absolute atomic E-state index is 13.1. The Labute approximate surface area is 187 Å². The number of para-hydroxylation sites is 1. The Morgan fingerprint density at radius 2 is 1.56 bits per heavy atom. The Morgan fingerprint density at radius 1 is 0.938 bits per heavy atom. The van der Waals surface area contributed by atoms with Crippen molar-refractivity contribution in [2.45, 2.75) is 89.3 Å².